The Balaban J connectivity index is 2.83. The van der Waals surface area contributed by atoms with Crippen LogP contribution < -0.4 is 10.1 Å². The van der Waals surface area contributed by atoms with Crippen molar-refractivity contribution in [2.75, 3.05) is 19.1 Å². The van der Waals surface area contributed by atoms with Crippen LogP contribution in [0.4, 0.5) is 0 Å². The largest absolute Gasteiger partial charge is 0.496 e. The Morgan fingerprint density at radius 1 is 1.53 bits per heavy atom. The maximum atomic E-state index is 11.5. The maximum absolute atomic E-state index is 11.5. The van der Waals surface area contributed by atoms with Crippen molar-refractivity contribution in [3.8, 4) is 5.75 Å². The Labute approximate surface area is 107 Å². The number of aryl methyl sites for hydroxylation is 1. The van der Waals surface area contributed by atoms with E-state index in [1.54, 1.807) is 7.11 Å². The number of nitrogens with one attached hydrogen (secondary N) is 1. The molecule has 0 fully saturated rings. The summed E-state index contributed by atoms with van der Waals surface area (Å²) >= 11 is 1.52. The van der Waals surface area contributed by atoms with E-state index in [0.717, 1.165) is 16.9 Å². The molecule has 4 heteroatoms. The van der Waals surface area contributed by atoms with Gasteiger partial charge in [0.15, 0.2) is 0 Å². The topological polar surface area (TPSA) is 38.3 Å². The van der Waals surface area contributed by atoms with Crippen molar-refractivity contribution in [1.29, 1.82) is 0 Å². The van der Waals surface area contributed by atoms with Gasteiger partial charge in [0.1, 0.15) is 5.75 Å². The SMILES string of the molecule is COc1ccc(C)cc1[C@@H](C)NC(=O)CSC. The second-order valence-corrected chi connectivity index (χ2v) is 4.83. The number of hydrogen-bond donors (Lipinski definition) is 1. The predicted octanol–water partition coefficient (Wildman–Crippen LogP) is 2.54. The number of hydrogen-bond acceptors (Lipinski definition) is 3. The van der Waals surface area contributed by atoms with Crippen molar-refractivity contribution in [3.05, 3.63) is 29.3 Å². The van der Waals surface area contributed by atoms with E-state index in [4.69, 9.17) is 4.74 Å². The molecule has 0 radical (unpaired) electrons. The van der Waals surface area contributed by atoms with E-state index in [2.05, 4.69) is 5.32 Å². The zero-order valence-corrected chi connectivity index (χ0v) is 11.6. The van der Waals surface area contributed by atoms with Gasteiger partial charge in [-0.1, -0.05) is 17.7 Å². The molecule has 0 saturated heterocycles. The van der Waals surface area contributed by atoms with E-state index in [-0.39, 0.29) is 11.9 Å². The molecular formula is C13H19NO2S. The third-order valence-corrected chi connectivity index (χ3v) is 3.06. The molecule has 0 saturated carbocycles. The van der Waals surface area contributed by atoms with Crippen molar-refractivity contribution in [2.45, 2.75) is 19.9 Å². The zero-order valence-electron chi connectivity index (χ0n) is 10.7. The Hall–Kier alpha value is -1.16. The van der Waals surface area contributed by atoms with Crippen LogP contribution >= 0.6 is 11.8 Å². The molecule has 0 aliphatic heterocycles. The number of rotatable bonds is 5. The molecule has 17 heavy (non-hydrogen) atoms. The van der Waals surface area contributed by atoms with E-state index >= 15 is 0 Å². The minimum absolute atomic E-state index is 0.0375. The second kappa shape index (κ2) is 6.55. The quantitative estimate of drug-likeness (QED) is 0.876. The Bertz CT molecular complexity index is 393. The summed E-state index contributed by atoms with van der Waals surface area (Å²) < 4.78 is 5.31. The smallest absolute Gasteiger partial charge is 0.230 e. The molecule has 0 bridgehead atoms. The van der Waals surface area contributed by atoms with Crippen molar-refractivity contribution in [3.63, 3.8) is 0 Å². The fourth-order valence-electron chi connectivity index (χ4n) is 1.68. The van der Waals surface area contributed by atoms with Gasteiger partial charge in [-0.15, -0.1) is 0 Å². The molecule has 0 spiro atoms. The average Bonchev–Trinajstić information content (AvgIpc) is 2.29. The number of thioether (sulfide) groups is 1. The molecule has 94 valence electrons. The maximum Gasteiger partial charge on any atom is 0.230 e. The standard InChI is InChI=1S/C13H19NO2S/c1-9-5-6-12(16-3)11(7-9)10(2)14-13(15)8-17-4/h5-7,10H,8H2,1-4H3,(H,14,15)/t10-/m1/s1. The third-order valence-electron chi connectivity index (χ3n) is 2.50. The number of carbonyl (C=O) groups excluding carboxylic acids is 1. The van der Waals surface area contributed by atoms with E-state index in [9.17, 15) is 4.79 Å². The van der Waals surface area contributed by atoms with Crippen LogP contribution in [0.2, 0.25) is 0 Å². The van der Waals surface area contributed by atoms with Crippen LogP contribution in [-0.4, -0.2) is 25.0 Å². The number of benzene rings is 1. The molecule has 1 aromatic rings. The summed E-state index contributed by atoms with van der Waals surface area (Å²) in [6.07, 6.45) is 1.91. The van der Waals surface area contributed by atoms with E-state index in [1.165, 1.54) is 11.8 Å². The van der Waals surface area contributed by atoms with Crippen LogP contribution in [0.25, 0.3) is 0 Å². The first-order valence-corrected chi connectivity index (χ1v) is 6.90. The van der Waals surface area contributed by atoms with Gasteiger partial charge in [-0.25, -0.2) is 0 Å². The molecule has 0 unspecified atom stereocenters. The summed E-state index contributed by atoms with van der Waals surface area (Å²) in [6, 6.07) is 5.94. The van der Waals surface area contributed by atoms with Crippen LogP contribution in [0.15, 0.2) is 18.2 Å². The molecule has 1 amide bonds. The lowest BCUT2D eigenvalue weighted by Gasteiger charge is -2.17. The zero-order chi connectivity index (χ0) is 12.8. The summed E-state index contributed by atoms with van der Waals surface area (Å²) in [5.41, 5.74) is 2.17. The van der Waals surface area contributed by atoms with E-state index in [0.29, 0.717) is 5.75 Å². The molecule has 1 rings (SSSR count). The summed E-state index contributed by atoms with van der Waals surface area (Å²) in [5.74, 6) is 1.35. The lowest BCUT2D eigenvalue weighted by Crippen LogP contribution is -2.28. The molecule has 3 nitrogen and oxygen atoms in total. The van der Waals surface area contributed by atoms with Crippen LogP contribution in [0, 0.1) is 6.92 Å². The Kier molecular flexibility index (Phi) is 5.35. The van der Waals surface area contributed by atoms with Crippen molar-refractivity contribution in [1.82, 2.24) is 5.32 Å². The highest BCUT2D eigenvalue weighted by Gasteiger charge is 2.13. The monoisotopic (exact) mass is 253 g/mol. The van der Waals surface area contributed by atoms with Gasteiger partial charge >= 0.3 is 0 Å². The number of carbonyl (C=O) groups is 1. The summed E-state index contributed by atoms with van der Waals surface area (Å²) in [5, 5.41) is 2.96. The van der Waals surface area contributed by atoms with Gasteiger partial charge in [-0.2, -0.15) is 11.8 Å². The summed E-state index contributed by atoms with van der Waals surface area (Å²) in [4.78, 5) is 11.5. The normalized spacial score (nSPS) is 12.0. The third kappa shape index (κ3) is 3.97. The average molecular weight is 253 g/mol. The Morgan fingerprint density at radius 2 is 2.24 bits per heavy atom. The highest BCUT2D eigenvalue weighted by Crippen LogP contribution is 2.25. The van der Waals surface area contributed by atoms with Crippen molar-refractivity contribution < 1.29 is 9.53 Å². The van der Waals surface area contributed by atoms with Crippen LogP contribution in [-0.2, 0) is 4.79 Å². The molecule has 0 aliphatic rings. The van der Waals surface area contributed by atoms with Crippen molar-refractivity contribution >= 4 is 17.7 Å². The van der Waals surface area contributed by atoms with E-state index < -0.39 is 0 Å². The highest BCUT2D eigenvalue weighted by molar-refractivity contribution is 7.99. The van der Waals surface area contributed by atoms with E-state index in [1.807, 2.05) is 38.3 Å². The van der Waals surface area contributed by atoms with Gasteiger partial charge in [-0.3, -0.25) is 4.79 Å². The number of methoxy groups -OCH3 is 1. The lowest BCUT2D eigenvalue weighted by atomic mass is 10.0. The molecule has 1 aromatic carbocycles. The van der Waals surface area contributed by atoms with Crippen LogP contribution in [0.3, 0.4) is 0 Å². The first kappa shape index (κ1) is 13.9. The second-order valence-electron chi connectivity index (χ2n) is 3.97. The first-order chi connectivity index (χ1) is 8.08. The molecule has 1 N–H and O–H groups in total. The molecular weight excluding hydrogens is 234 g/mol. The fraction of sp³-hybridized carbons (Fsp3) is 0.462. The fourth-order valence-corrected chi connectivity index (χ4v) is 2.03. The van der Waals surface area contributed by atoms with Gasteiger partial charge in [0.2, 0.25) is 5.91 Å². The van der Waals surface area contributed by atoms with Crippen molar-refractivity contribution in [2.24, 2.45) is 0 Å². The summed E-state index contributed by atoms with van der Waals surface area (Å²) in [7, 11) is 1.64. The lowest BCUT2D eigenvalue weighted by molar-refractivity contribution is -0.119. The number of ether oxygens (including phenoxy) is 1. The minimum Gasteiger partial charge on any atom is -0.496 e. The van der Waals surface area contributed by atoms with Gasteiger partial charge in [0.25, 0.3) is 0 Å². The van der Waals surface area contributed by atoms with Gasteiger partial charge in [0.05, 0.1) is 18.9 Å². The predicted molar refractivity (Wildman–Crippen MR) is 72.7 cm³/mol. The van der Waals surface area contributed by atoms with Crippen LogP contribution in [0.1, 0.15) is 24.1 Å². The number of amides is 1. The molecule has 0 aliphatic carbocycles. The molecule has 1 atom stereocenters. The molecule has 0 aromatic heterocycles. The van der Waals surface area contributed by atoms with Gasteiger partial charge in [-0.05, 0) is 26.2 Å². The Morgan fingerprint density at radius 3 is 2.82 bits per heavy atom. The highest BCUT2D eigenvalue weighted by atomic mass is 32.2. The van der Waals surface area contributed by atoms with Crippen LogP contribution in [0.5, 0.6) is 5.75 Å². The summed E-state index contributed by atoms with van der Waals surface area (Å²) in [6.45, 7) is 3.99. The molecule has 0 heterocycles. The van der Waals surface area contributed by atoms with Gasteiger partial charge < -0.3 is 10.1 Å². The van der Waals surface area contributed by atoms with Gasteiger partial charge in [0, 0.05) is 5.56 Å². The minimum atomic E-state index is -0.0375. The first-order valence-electron chi connectivity index (χ1n) is 5.51.